The molecule has 0 aliphatic carbocycles. The van der Waals surface area contributed by atoms with E-state index < -0.39 is 86.3 Å². The lowest BCUT2D eigenvalue weighted by atomic mass is 9.98. The Morgan fingerprint density at radius 2 is 1.00 bits per heavy atom. The summed E-state index contributed by atoms with van der Waals surface area (Å²) in [7, 11) is 0. The highest BCUT2D eigenvalue weighted by atomic mass is 16.7. The maximum absolute atomic E-state index is 12.9. The first kappa shape index (κ1) is 35.1. The molecule has 5 rings (SSSR count). The molecule has 2 amide bonds. The predicted molar refractivity (Wildman–Crippen MR) is 168 cm³/mol. The second-order valence-electron chi connectivity index (χ2n) is 11.3. The van der Waals surface area contributed by atoms with E-state index in [0.29, 0.717) is 11.4 Å². The number of nitrogens with two attached hydrogens (primary N) is 2. The summed E-state index contributed by atoms with van der Waals surface area (Å²) in [6, 6.07) is 16.3. The van der Waals surface area contributed by atoms with Crippen molar-refractivity contribution in [3.05, 3.63) is 83.9 Å². The lowest BCUT2D eigenvalue weighted by Crippen LogP contribution is -2.63. The minimum atomic E-state index is -1.39. The molecular weight excluding hydrogens is 632 g/mol. The van der Waals surface area contributed by atoms with Crippen molar-refractivity contribution in [1.29, 1.82) is 0 Å². The lowest BCUT2D eigenvalue weighted by Gasteiger charge is -2.40. The van der Waals surface area contributed by atoms with Gasteiger partial charge in [-0.2, -0.15) is 0 Å². The van der Waals surface area contributed by atoms with Gasteiger partial charge in [0.2, 0.25) is 12.6 Å². The number of carbonyl (C=O) groups excluding carboxylic acids is 2. The van der Waals surface area contributed by atoms with Gasteiger partial charge in [-0.05, 0) is 48.5 Å². The van der Waals surface area contributed by atoms with Crippen molar-refractivity contribution in [2.24, 2.45) is 11.5 Å². The van der Waals surface area contributed by atoms with Crippen LogP contribution in [-0.4, -0.2) is 117 Å². The molecule has 3 aromatic carbocycles. The molecule has 0 spiro atoms. The van der Waals surface area contributed by atoms with Gasteiger partial charge in [0.1, 0.15) is 48.1 Å². The monoisotopic (exact) mass is 670 g/mol. The third-order valence-corrected chi connectivity index (χ3v) is 7.95. The quantitative estimate of drug-likeness (QED) is 0.117. The molecule has 10 atom stereocenters. The van der Waals surface area contributed by atoms with Gasteiger partial charge >= 0.3 is 0 Å². The van der Waals surface area contributed by atoms with Crippen molar-refractivity contribution in [2.75, 3.05) is 23.8 Å². The zero-order chi connectivity index (χ0) is 34.5. The Morgan fingerprint density at radius 1 is 0.625 bits per heavy atom. The molecule has 0 saturated carbocycles. The Labute approximate surface area is 274 Å². The Hall–Kier alpha value is -4.20. The SMILES string of the molecule is N[C@H]1[C@H](Oc2cccc(NC(=O)c3ccc(C(=O)Nc4cccc(O[C@@H]5O[C@H](CO)[C@@H](O)[C@H](O)[C@H]5N)c4)cc3)c2)O[C@H](CO)[C@@H](O)[C@@H]1O. The predicted octanol–water partition coefficient (Wildman–Crippen LogP) is -1.52. The number of aliphatic hydroxyl groups is 6. The van der Waals surface area contributed by atoms with Gasteiger partial charge in [0.25, 0.3) is 11.8 Å². The first-order valence-electron chi connectivity index (χ1n) is 15.0. The number of hydrogen-bond donors (Lipinski definition) is 10. The highest BCUT2D eigenvalue weighted by Crippen LogP contribution is 2.27. The number of anilines is 2. The fourth-order valence-electron chi connectivity index (χ4n) is 5.16. The van der Waals surface area contributed by atoms with Gasteiger partial charge in [-0.1, -0.05) is 12.1 Å². The van der Waals surface area contributed by atoms with Gasteiger partial charge in [0.15, 0.2) is 0 Å². The molecule has 16 heteroatoms. The molecule has 0 radical (unpaired) electrons. The van der Waals surface area contributed by atoms with Gasteiger partial charge < -0.3 is 71.7 Å². The molecule has 2 aliphatic heterocycles. The Balaban J connectivity index is 1.17. The molecule has 0 unspecified atom stereocenters. The standard InChI is InChI=1S/C32H38N4O12/c33-23-27(41)25(39)21(13-37)47-31(23)45-19-5-1-3-17(11-19)35-29(43)15-7-9-16(10-8-15)30(44)36-18-4-2-6-20(12-18)46-32-24(34)28(42)26(40)22(14-38)48-32/h1-12,21-28,31-32,37-42H,13-14,33-34H2,(H,35,43)(H,36,44)/t21-,22-,23-,24-,25-,26-,27-,28-,31-,32-/m1/s1. The second-order valence-corrected chi connectivity index (χ2v) is 11.3. The lowest BCUT2D eigenvalue weighted by molar-refractivity contribution is -0.239. The number of ether oxygens (including phenoxy) is 4. The number of nitrogens with one attached hydrogen (secondary N) is 2. The van der Waals surface area contributed by atoms with E-state index in [1.807, 2.05) is 0 Å². The minimum absolute atomic E-state index is 0.245. The van der Waals surface area contributed by atoms with Crippen molar-refractivity contribution >= 4 is 23.2 Å². The average Bonchev–Trinajstić information content (AvgIpc) is 3.09. The Kier molecular flexibility index (Phi) is 11.2. The maximum atomic E-state index is 12.9. The fourth-order valence-corrected chi connectivity index (χ4v) is 5.16. The van der Waals surface area contributed by atoms with E-state index in [4.69, 9.17) is 30.4 Å². The third-order valence-electron chi connectivity index (χ3n) is 7.95. The van der Waals surface area contributed by atoms with Gasteiger partial charge in [-0.25, -0.2) is 0 Å². The summed E-state index contributed by atoms with van der Waals surface area (Å²) in [5.41, 5.74) is 13.1. The first-order valence-corrected chi connectivity index (χ1v) is 15.0. The maximum Gasteiger partial charge on any atom is 0.255 e. The van der Waals surface area contributed by atoms with Crippen LogP contribution in [0.3, 0.4) is 0 Å². The number of aliphatic hydroxyl groups excluding tert-OH is 6. The van der Waals surface area contributed by atoms with E-state index in [0.717, 1.165) is 0 Å². The van der Waals surface area contributed by atoms with Crippen LogP contribution in [0.2, 0.25) is 0 Å². The van der Waals surface area contributed by atoms with Crippen molar-refractivity contribution in [1.82, 2.24) is 0 Å². The van der Waals surface area contributed by atoms with Crippen molar-refractivity contribution < 1.29 is 59.2 Å². The summed E-state index contributed by atoms with van der Waals surface area (Å²) < 4.78 is 22.4. The highest BCUT2D eigenvalue weighted by Gasteiger charge is 2.44. The first-order chi connectivity index (χ1) is 23.0. The number of benzene rings is 3. The molecule has 2 fully saturated rings. The Bertz CT molecular complexity index is 1440. The topological polar surface area (TPSA) is 269 Å². The van der Waals surface area contributed by atoms with E-state index in [9.17, 15) is 40.2 Å². The van der Waals surface area contributed by atoms with E-state index in [1.54, 1.807) is 36.4 Å². The van der Waals surface area contributed by atoms with Gasteiger partial charge in [0.05, 0.1) is 25.3 Å². The number of hydrogen-bond acceptors (Lipinski definition) is 14. The highest BCUT2D eigenvalue weighted by molar-refractivity contribution is 6.07. The molecular formula is C32H38N4O12. The van der Waals surface area contributed by atoms with Crippen LogP contribution < -0.4 is 31.6 Å². The van der Waals surface area contributed by atoms with Crippen molar-refractivity contribution in [2.45, 2.75) is 61.3 Å². The average molecular weight is 671 g/mol. The van der Waals surface area contributed by atoms with E-state index in [1.165, 1.54) is 36.4 Å². The van der Waals surface area contributed by atoms with Gasteiger partial charge in [0, 0.05) is 34.6 Å². The van der Waals surface area contributed by atoms with Crippen LogP contribution in [0.4, 0.5) is 11.4 Å². The van der Waals surface area contributed by atoms with Gasteiger partial charge in [-0.15, -0.1) is 0 Å². The molecule has 48 heavy (non-hydrogen) atoms. The molecule has 258 valence electrons. The molecule has 0 aromatic heterocycles. The molecule has 2 heterocycles. The summed E-state index contributed by atoms with van der Waals surface area (Å²) in [6.45, 7) is -1.11. The summed E-state index contributed by atoms with van der Waals surface area (Å²) in [5, 5.41) is 64.6. The molecule has 2 aliphatic rings. The van der Waals surface area contributed by atoms with Crippen LogP contribution in [0.25, 0.3) is 0 Å². The molecule has 12 N–H and O–H groups in total. The summed E-state index contributed by atoms with van der Waals surface area (Å²) in [5.74, 6) is -0.458. The Morgan fingerprint density at radius 3 is 1.35 bits per heavy atom. The van der Waals surface area contributed by atoms with Crippen LogP contribution in [0.1, 0.15) is 20.7 Å². The fraction of sp³-hybridized carbons (Fsp3) is 0.375. The van der Waals surface area contributed by atoms with Gasteiger partial charge in [-0.3, -0.25) is 9.59 Å². The number of carbonyl (C=O) groups is 2. The third kappa shape index (κ3) is 7.91. The number of amides is 2. The van der Waals surface area contributed by atoms with Crippen LogP contribution in [0.15, 0.2) is 72.8 Å². The molecule has 16 nitrogen and oxygen atoms in total. The van der Waals surface area contributed by atoms with Crippen LogP contribution in [0.5, 0.6) is 11.5 Å². The van der Waals surface area contributed by atoms with E-state index in [2.05, 4.69) is 10.6 Å². The zero-order valence-corrected chi connectivity index (χ0v) is 25.4. The second kappa shape index (κ2) is 15.3. The van der Waals surface area contributed by atoms with E-state index in [-0.39, 0.29) is 22.6 Å². The molecule has 2 saturated heterocycles. The summed E-state index contributed by atoms with van der Waals surface area (Å²) >= 11 is 0. The van der Waals surface area contributed by atoms with Crippen LogP contribution >= 0.6 is 0 Å². The van der Waals surface area contributed by atoms with E-state index >= 15 is 0 Å². The van der Waals surface area contributed by atoms with Crippen molar-refractivity contribution in [3.63, 3.8) is 0 Å². The van der Waals surface area contributed by atoms with Crippen LogP contribution in [-0.2, 0) is 9.47 Å². The normalized spacial score (nSPS) is 30.2. The summed E-state index contributed by atoms with van der Waals surface area (Å²) in [6.07, 6.45) is -10.1. The molecule has 0 bridgehead atoms. The summed E-state index contributed by atoms with van der Waals surface area (Å²) in [4.78, 5) is 25.9. The number of rotatable bonds is 10. The van der Waals surface area contributed by atoms with Crippen molar-refractivity contribution in [3.8, 4) is 11.5 Å². The van der Waals surface area contributed by atoms with Crippen LogP contribution in [0, 0.1) is 0 Å². The smallest absolute Gasteiger partial charge is 0.255 e. The zero-order valence-electron chi connectivity index (χ0n) is 25.4. The molecule has 3 aromatic rings. The minimum Gasteiger partial charge on any atom is -0.463 e. The largest absolute Gasteiger partial charge is 0.463 e.